The van der Waals surface area contributed by atoms with Gasteiger partial charge in [0.05, 0.1) is 11.5 Å². The van der Waals surface area contributed by atoms with Crippen molar-refractivity contribution in [2.45, 2.75) is 5.92 Å². The number of aliphatic hydroxyl groups excluding tert-OH is 1. The van der Waals surface area contributed by atoms with Gasteiger partial charge < -0.3 is 10.4 Å². The van der Waals surface area contributed by atoms with Gasteiger partial charge >= 0.3 is 0 Å². The minimum absolute atomic E-state index is 0.000579. The highest BCUT2D eigenvalue weighted by Gasteiger charge is 2.28. The number of anilines is 1. The number of nitro groups is 1. The van der Waals surface area contributed by atoms with E-state index in [0.717, 1.165) is 0 Å². The lowest BCUT2D eigenvalue weighted by atomic mass is 10.2. The van der Waals surface area contributed by atoms with E-state index < -0.39 is 24.0 Å². The molecule has 0 aromatic heterocycles. The van der Waals surface area contributed by atoms with Crippen molar-refractivity contribution in [1.82, 2.24) is 0 Å². The van der Waals surface area contributed by atoms with Crippen molar-refractivity contribution < 1.29 is 18.8 Å². The van der Waals surface area contributed by atoms with Crippen LogP contribution >= 0.6 is 0 Å². The second-order valence-electron chi connectivity index (χ2n) is 3.14. The zero-order chi connectivity index (χ0) is 12.2. The standard InChI is InChI=1S/C9H10F2N2O3/c10-9(11,6-14)5-12-7-3-1-2-4-8(7)13(15)16/h1-4,12,14H,5-6H2. The normalized spacial score (nSPS) is 11.2. The number of nitrogens with zero attached hydrogens (tertiary/aromatic N) is 1. The molecule has 0 spiro atoms. The number of halogens is 2. The van der Waals surface area contributed by atoms with E-state index in [9.17, 15) is 18.9 Å². The van der Waals surface area contributed by atoms with Crippen LogP contribution in [0.2, 0.25) is 0 Å². The Morgan fingerprint density at radius 3 is 2.62 bits per heavy atom. The third-order valence-corrected chi connectivity index (χ3v) is 1.87. The number of alkyl halides is 2. The number of rotatable bonds is 5. The van der Waals surface area contributed by atoms with Crippen molar-refractivity contribution in [2.75, 3.05) is 18.5 Å². The van der Waals surface area contributed by atoms with Crippen molar-refractivity contribution in [2.24, 2.45) is 0 Å². The largest absolute Gasteiger partial charge is 0.390 e. The summed E-state index contributed by atoms with van der Waals surface area (Å²) in [6.45, 7) is -2.16. The number of nitrogens with one attached hydrogen (secondary N) is 1. The second-order valence-corrected chi connectivity index (χ2v) is 3.14. The van der Waals surface area contributed by atoms with Crippen molar-refractivity contribution >= 4 is 11.4 Å². The van der Waals surface area contributed by atoms with Crippen molar-refractivity contribution in [1.29, 1.82) is 0 Å². The predicted octanol–water partition coefficient (Wildman–Crippen LogP) is 1.63. The topological polar surface area (TPSA) is 75.4 Å². The number of hydrogen-bond acceptors (Lipinski definition) is 4. The van der Waals surface area contributed by atoms with Crippen molar-refractivity contribution in [3.63, 3.8) is 0 Å². The first-order valence-corrected chi connectivity index (χ1v) is 4.42. The van der Waals surface area contributed by atoms with Crippen LogP contribution in [0.3, 0.4) is 0 Å². The van der Waals surface area contributed by atoms with Gasteiger partial charge in [-0.3, -0.25) is 10.1 Å². The smallest absolute Gasteiger partial charge is 0.292 e. The third-order valence-electron chi connectivity index (χ3n) is 1.87. The van der Waals surface area contributed by atoms with E-state index in [0.29, 0.717) is 0 Å². The monoisotopic (exact) mass is 232 g/mol. The Labute approximate surface area is 89.9 Å². The molecule has 88 valence electrons. The van der Waals surface area contributed by atoms with Gasteiger partial charge in [0.2, 0.25) is 0 Å². The maximum atomic E-state index is 12.7. The van der Waals surface area contributed by atoms with E-state index in [1.54, 1.807) is 0 Å². The van der Waals surface area contributed by atoms with Crippen LogP contribution < -0.4 is 5.32 Å². The molecule has 0 saturated carbocycles. The van der Waals surface area contributed by atoms with Gasteiger partial charge in [0, 0.05) is 6.07 Å². The fourth-order valence-corrected chi connectivity index (χ4v) is 1.06. The first-order valence-electron chi connectivity index (χ1n) is 4.42. The first kappa shape index (κ1) is 12.3. The van der Waals surface area contributed by atoms with Gasteiger partial charge in [0.1, 0.15) is 12.3 Å². The Hall–Kier alpha value is -1.76. The molecule has 0 saturated heterocycles. The summed E-state index contributed by atoms with van der Waals surface area (Å²) in [5.74, 6) is -3.30. The molecule has 2 N–H and O–H groups in total. The lowest BCUT2D eigenvalue weighted by molar-refractivity contribution is -0.384. The zero-order valence-corrected chi connectivity index (χ0v) is 8.19. The fourth-order valence-electron chi connectivity index (χ4n) is 1.06. The predicted molar refractivity (Wildman–Crippen MR) is 53.6 cm³/mol. The van der Waals surface area contributed by atoms with Crippen molar-refractivity contribution in [3.05, 3.63) is 34.4 Å². The molecule has 0 unspecified atom stereocenters. The lowest BCUT2D eigenvalue weighted by Crippen LogP contribution is -2.31. The summed E-state index contributed by atoms with van der Waals surface area (Å²) >= 11 is 0. The molecule has 0 atom stereocenters. The minimum atomic E-state index is -3.30. The Kier molecular flexibility index (Phi) is 3.73. The Balaban J connectivity index is 2.78. The van der Waals surface area contributed by atoms with Crippen LogP contribution in [0.25, 0.3) is 0 Å². The summed E-state index contributed by atoms with van der Waals surface area (Å²) in [6, 6.07) is 5.46. The summed E-state index contributed by atoms with van der Waals surface area (Å²) in [5, 5.41) is 21.1. The molecule has 0 amide bonds. The molecule has 0 bridgehead atoms. The molecular weight excluding hydrogens is 222 g/mol. The Morgan fingerprint density at radius 1 is 1.44 bits per heavy atom. The molecule has 0 aliphatic heterocycles. The SMILES string of the molecule is O=[N+]([O-])c1ccccc1NCC(F)(F)CO. The van der Waals surface area contributed by atoms with Gasteiger partial charge in [-0.15, -0.1) is 0 Å². The zero-order valence-electron chi connectivity index (χ0n) is 8.19. The van der Waals surface area contributed by atoms with E-state index in [1.807, 2.05) is 0 Å². The molecule has 1 rings (SSSR count). The summed E-state index contributed by atoms with van der Waals surface area (Å²) in [4.78, 5) is 9.88. The van der Waals surface area contributed by atoms with E-state index >= 15 is 0 Å². The molecule has 16 heavy (non-hydrogen) atoms. The van der Waals surface area contributed by atoms with Gasteiger partial charge in [0.25, 0.3) is 11.6 Å². The van der Waals surface area contributed by atoms with E-state index in [1.165, 1.54) is 24.3 Å². The van der Waals surface area contributed by atoms with Gasteiger partial charge in [0.15, 0.2) is 0 Å². The molecule has 1 aromatic rings. The quantitative estimate of drug-likeness (QED) is 0.597. The van der Waals surface area contributed by atoms with Gasteiger partial charge in [-0.2, -0.15) is 0 Å². The number of benzene rings is 1. The van der Waals surface area contributed by atoms with Crippen LogP contribution in [-0.2, 0) is 0 Å². The van der Waals surface area contributed by atoms with Crippen LogP contribution in [-0.4, -0.2) is 29.1 Å². The summed E-state index contributed by atoms with van der Waals surface area (Å²) in [5.41, 5.74) is -0.281. The summed E-state index contributed by atoms with van der Waals surface area (Å²) in [7, 11) is 0. The molecule has 0 fully saturated rings. The molecule has 0 radical (unpaired) electrons. The maximum Gasteiger partial charge on any atom is 0.292 e. The van der Waals surface area contributed by atoms with Gasteiger partial charge in [-0.1, -0.05) is 12.1 Å². The molecule has 5 nitrogen and oxygen atoms in total. The van der Waals surface area contributed by atoms with Crippen LogP contribution in [0.4, 0.5) is 20.2 Å². The first-order chi connectivity index (χ1) is 7.46. The third kappa shape index (κ3) is 3.13. The highest BCUT2D eigenvalue weighted by atomic mass is 19.3. The number of para-hydroxylation sites is 2. The molecule has 7 heteroatoms. The van der Waals surface area contributed by atoms with E-state index in [-0.39, 0.29) is 11.4 Å². The highest BCUT2D eigenvalue weighted by Crippen LogP contribution is 2.24. The molecular formula is C9H10F2N2O3. The number of nitro benzene ring substituents is 1. The Bertz CT molecular complexity index is 385. The summed E-state index contributed by atoms with van der Waals surface area (Å²) < 4.78 is 25.4. The van der Waals surface area contributed by atoms with Crippen LogP contribution in [0.5, 0.6) is 0 Å². The molecule has 0 aliphatic carbocycles. The molecule has 1 aromatic carbocycles. The maximum absolute atomic E-state index is 12.7. The minimum Gasteiger partial charge on any atom is -0.390 e. The van der Waals surface area contributed by atoms with Crippen LogP contribution in [0, 0.1) is 10.1 Å². The van der Waals surface area contributed by atoms with E-state index in [4.69, 9.17) is 5.11 Å². The van der Waals surface area contributed by atoms with Gasteiger partial charge in [-0.25, -0.2) is 8.78 Å². The van der Waals surface area contributed by atoms with Crippen molar-refractivity contribution in [3.8, 4) is 0 Å². The second kappa shape index (κ2) is 4.84. The highest BCUT2D eigenvalue weighted by molar-refractivity contribution is 5.61. The molecule has 0 heterocycles. The van der Waals surface area contributed by atoms with Crippen LogP contribution in [0.15, 0.2) is 24.3 Å². The molecule has 0 aliphatic rings. The number of aliphatic hydroxyl groups is 1. The van der Waals surface area contributed by atoms with Gasteiger partial charge in [-0.05, 0) is 6.07 Å². The lowest BCUT2D eigenvalue weighted by Gasteiger charge is -2.14. The average Bonchev–Trinajstić information content (AvgIpc) is 2.27. The average molecular weight is 232 g/mol. The summed E-state index contributed by atoms with van der Waals surface area (Å²) in [6.07, 6.45) is 0. The fraction of sp³-hybridized carbons (Fsp3) is 0.333. The van der Waals surface area contributed by atoms with Crippen LogP contribution in [0.1, 0.15) is 0 Å². The van der Waals surface area contributed by atoms with E-state index in [2.05, 4.69) is 5.32 Å². The number of hydrogen-bond donors (Lipinski definition) is 2. The Morgan fingerprint density at radius 2 is 2.06 bits per heavy atom.